The molecule has 0 aliphatic rings. The first-order chi connectivity index (χ1) is 25.8. The molecule has 0 fully saturated rings. The summed E-state index contributed by atoms with van der Waals surface area (Å²) in [6, 6.07) is 62.8. The molecule has 0 amide bonds. The zero-order valence-electron chi connectivity index (χ0n) is 28.0. The predicted octanol–water partition coefficient (Wildman–Crippen LogP) is 13.2. The van der Waals surface area contributed by atoms with Crippen molar-refractivity contribution < 1.29 is 0 Å². The normalized spacial score (nSPS) is 11.8. The van der Waals surface area contributed by atoms with E-state index in [4.69, 9.17) is 9.97 Å². The van der Waals surface area contributed by atoms with Crippen LogP contribution in [0.5, 0.6) is 0 Å². The molecule has 0 N–H and O–H groups in total. The van der Waals surface area contributed by atoms with E-state index in [-0.39, 0.29) is 0 Å². The average Bonchev–Trinajstić information content (AvgIpc) is 3.79. The van der Waals surface area contributed by atoms with Gasteiger partial charge in [-0.25, -0.2) is 9.97 Å². The number of rotatable bonds is 4. The van der Waals surface area contributed by atoms with Gasteiger partial charge in [0.1, 0.15) is 0 Å². The van der Waals surface area contributed by atoms with Crippen LogP contribution >= 0.6 is 11.3 Å². The van der Waals surface area contributed by atoms with Crippen LogP contribution in [0.25, 0.3) is 103 Å². The van der Waals surface area contributed by atoms with Crippen LogP contribution in [-0.2, 0) is 0 Å². The number of hydrogen-bond donors (Lipinski definition) is 0. The van der Waals surface area contributed by atoms with E-state index in [1.807, 2.05) is 23.5 Å². The highest BCUT2D eigenvalue weighted by Gasteiger charge is 2.23. The van der Waals surface area contributed by atoms with E-state index < -0.39 is 0 Å². The first-order valence-corrected chi connectivity index (χ1v) is 18.4. The molecule has 3 nitrogen and oxygen atoms in total. The lowest BCUT2D eigenvalue weighted by Gasteiger charge is -2.12. The van der Waals surface area contributed by atoms with Crippen LogP contribution in [0.1, 0.15) is 0 Å². The van der Waals surface area contributed by atoms with Gasteiger partial charge in [-0.3, -0.25) is 0 Å². The van der Waals surface area contributed by atoms with Crippen molar-refractivity contribution in [2.24, 2.45) is 0 Å². The van der Waals surface area contributed by atoms with Gasteiger partial charge in [-0.1, -0.05) is 133 Å². The van der Waals surface area contributed by atoms with Gasteiger partial charge < -0.3 is 4.57 Å². The molecule has 0 atom stereocenters. The number of aromatic nitrogens is 3. The van der Waals surface area contributed by atoms with Gasteiger partial charge in [0.05, 0.1) is 22.4 Å². The van der Waals surface area contributed by atoms with Crippen LogP contribution in [0.3, 0.4) is 0 Å². The Bertz CT molecular complexity index is 3100. The lowest BCUT2D eigenvalue weighted by atomic mass is 9.97. The summed E-state index contributed by atoms with van der Waals surface area (Å²) >= 11 is 1.89. The van der Waals surface area contributed by atoms with Crippen LogP contribution in [-0.4, -0.2) is 14.5 Å². The van der Waals surface area contributed by atoms with E-state index in [0.29, 0.717) is 5.82 Å². The van der Waals surface area contributed by atoms with Crippen LogP contribution in [0.15, 0.2) is 176 Å². The van der Waals surface area contributed by atoms with Crippen LogP contribution in [0, 0.1) is 0 Å². The van der Waals surface area contributed by atoms with Gasteiger partial charge in [-0.15, -0.1) is 11.3 Å². The maximum absolute atomic E-state index is 5.11. The third kappa shape index (κ3) is 4.38. The maximum atomic E-state index is 5.11. The first-order valence-electron chi connectivity index (χ1n) is 17.6. The van der Waals surface area contributed by atoms with Crippen molar-refractivity contribution in [1.82, 2.24) is 14.5 Å². The SMILES string of the molecule is c1ccc(-c2cc(-c3ccccc3)nc(-c3ccc(-n4c5ccc6ccccc6c5c5c6ccccc6c6sc7ccccc7c6c54)cc3)n2)cc1. The molecule has 11 rings (SSSR count). The summed E-state index contributed by atoms with van der Waals surface area (Å²) in [6.07, 6.45) is 0. The second kappa shape index (κ2) is 11.5. The van der Waals surface area contributed by atoms with E-state index in [0.717, 1.165) is 33.8 Å². The lowest BCUT2D eigenvalue weighted by Crippen LogP contribution is -1.97. The summed E-state index contributed by atoms with van der Waals surface area (Å²) in [5, 5.41) is 10.3. The fourth-order valence-electron chi connectivity index (χ4n) is 8.05. The molecule has 0 aliphatic heterocycles. The van der Waals surface area contributed by atoms with Gasteiger partial charge in [0.15, 0.2) is 5.82 Å². The Morgan fingerprint density at radius 2 is 1.02 bits per heavy atom. The average molecular weight is 680 g/mol. The van der Waals surface area contributed by atoms with Gasteiger partial charge >= 0.3 is 0 Å². The first kappa shape index (κ1) is 29.1. The van der Waals surface area contributed by atoms with Crippen molar-refractivity contribution >= 4 is 74.9 Å². The Kier molecular flexibility index (Phi) is 6.42. The van der Waals surface area contributed by atoms with Crippen LogP contribution in [0.4, 0.5) is 0 Å². The third-order valence-corrected chi connectivity index (χ3v) is 11.6. The molecule has 3 aromatic heterocycles. The largest absolute Gasteiger partial charge is 0.309 e. The summed E-state index contributed by atoms with van der Waals surface area (Å²) in [4.78, 5) is 10.2. The zero-order chi connectivity index (χ0) is 34.2. The Labute approximate surface area is 303 Å². The number of fused-ring (bicyclic) bond motifs is 12. The molecule has 0 radical (unpaired) electrons. The highest BCUT2D eigenvalue weighted by molar-refractivity contribution is 7.27. The Balaban J connectivity index is 1.20. The second-order valence-corrected chi connectivity index (χ2v) is 14.4. The molecule has 0 aliphatic carbocycles. The molecule has 4 heteroatoms. The molecule has 3 heterocycles. The lowest BCUT2D eigenvalue weighted by molar-refractivity contribution is 1.17. The standard InChI is InChI=1S/C48H29N3S/c1-3-14-31(15-4-1)39-29-40(32-16-5-2-6-17-32)50-48(49-39)33-23-26-34(27-24-33)51-41-28-25-30-13-7-8-18-35(30)43(41)44-36-19-9-10-20-37(36)47-45(46(44)51)38-21-11-12-22-42(38)52-47/h1-29H. The fourth-order valence-corrected chi connectivity index (χ4v) is 9.29. The van der Waals surface area contributed by atoms with Crippen LogP contribution in [0.2, 0.25) is 0 Å². The minimum absolute atomic E-state index is 0.706. The smallest absolute Gasteiger partial charge is 0.160 e. The quantitative estimate of drug-likeness (QED) is 0.185. The molecule has 0 bridgehead atoms. The molecule has 0 unspecified atom stereocenters. The van der Waals surface area contributed by atoms with Crippen molar-refractivity contribution in [2.45, 2.75) is 0 Å². The van der Waals surface area contributed by atoms with E-state index in [9.17, 15) is 0 Å². The monoisotopic (exact) mass is 679 g/mol. The van der Waals surface area contributed by atoms with Gasteiger partial charge in [0, 0.05) is 58.7 Å². The molecule has 8 aromatic carbocycles. The molecular formula is C48H29N3S. The van der Waals surface area contributed by atoms with Crippen molar-refractivity contribution in [1.29, 1.82) is 0 Å². The van der Waals surface area contributed by atoms with Crippen LogP contribution < -0.4 is 0 Å². The van der Waals surface area contributed by atoms with Gasteiger partial charge in [-0.2, -0.15) is 0 Å². The molecule has 0 saturated heterocycles. The van der Waals surface area contributed by atoms with E-state index in [2.05, 4.69) is 168 Å². The summed E-state index contributed by atoms with van der Waals surface area (Å²) in [5.41, 5.74) is 8.47. The predicted molar refractivity (Wildman–Crippen MR) is 221 cm³/mol. The van der Waals surface area contributed by atoms with Gasteiger partial charge in [-0.05, 0) is 58.6 Å². The van der Waals surface area contributed by atoms with E-state index >= 15 is 0 Å². The summed E-state index contributed by atoms with van der Waals surface area (Å²) in [5.74, 6) is 0.706. The number of thiophene rings is 1. The van der Waals surface area contributed by atoms with Crippen molar-refractivity contribution in [2.75, 3.05) is 0 Å². The van der Waals surface area contributed by atoms with Gasteiger partial charge in [0.25, 0.3) is 0 Å². The Hall–Kier alpha value is -6.62. The Morgan fingerprint density at radius 3 is 1.73 bits per heavy atom. The number of hydrogen-bond acceptors (Lipinski definition) is 3. The topological polar surface area (TPSA) is 30.7 Å². The number of benzene rings is 8. The maximum Gasteiger partial charge on any atom is 0.160 e. The van der Waals surface area contributed by atoms with Crippen molar-refractivity contribution in [3.8, 4) is 39.6 Å². The van der Waals surface area contributed by atoms with E-state index in [1.54, 1.807) is 0 Å². The van der Waals surface area contributed by atoms with E-state index in [1.165, 1.54) is 63.5 Å². The summed E-state index contributed by atoms with van der Waals surface area (Å²) in [7, 11) is 0. The number of nitrogens with zero attached hydrogens (tertiary/aromatic N) is 3. The summed E-state index contributed by atoms with van der Waals surface area (Å²) < 4.78 is 5.12. The van der Waals surface area contributed by atoms with Crippen molar-refractivity contribution in [3.63, 3.8) is 0 Å². The molecular weight excluding hydrogens is 651 g/mol. The third-order valence-electron chi connectivity index (χ3n) is 10.4. The second-order valence-electron chi connectivity index (χ2n) is 13.3. The highest BCUT2D eigenvalue weighted by atomic mass is 32.1. The molecule has 0 saturated carbocycles. The molecule has 52 heavy (non-hydrogen) atoms. The Morgan fingerprint density at radius 1 is 0.423 bits per heavy atom. The molecule has 242 valence electrons. The fraction of sp³-hybridized carbons (Fsp3) is 0. The van der Waals surface area contributed by atoms with Gasteiger partial charge in [0.2, 0.25) is 0 Å². The minimum atomic E-state index is 0.706. The zero-order valence-corrected chi connectivity index (χ0v) is 28.8. The summed E-state index contributed by atoms with van der Waals surface area (Å²) in [6.45, 7) is 0. The van der Waals surface area contributed by atoms with Crippen molar-refractivity contribution in [3.05, 3.63) is 176 Å². The molecule has 11 aromatic rings. The highest BCUT2D eigenvalue weighted by Crippen LogP contribution is 2.49. The molecule has 0 spiro atoms. The minimum Gasteiger partial charge on any atom is -0.309 e.